The van der Waals surface area contributed by atoms with Gasteiger partial charge in [0.05, 0.1) is 11.0 Å². The second-order valence-electron chi connectivity index (χ2n) is 5.62. The molecule has 2 N–H and O–H groups in total. The summed E-state index contributed by atoms with van der Waals surface area (Å²) in [6, 6.07) is 21.1. The van der Waals surface area contributed by atoms with Crippen molar-refractivity contribution in [2.75, 3.05) is 0 Å². The summed E-state index contributed by atoms with van der Waals surface area (Å²) in [7, 11) is 0. The average molecular weight is 338 g/mol. The van der Waals surface area contributed by atoms with Crippen LogP contribution in [-0.2, 0) is 6.42 Å². The van der Waals surface area contributed by atoms with E-state index in [-0.39, 0.29) is 23.9 Å². The molecule has 0 saturated heterocycles. The molecule has 0 atom stereocenters. The first-order valence-electron chi connectivity index (χ1n) is 7.49. The molecule has 0 bridgehead atoms. The molecule has 0 aliphatic heterocycles. The predicted molar refractivity (Wildman–Crippen MR) is 99.1 cm³/mol. The molecule has 24 heavy (non-hydrogen) atoms. The number of nitrogens with zero attached hydrogens (tertiary/aromatic N) is 1. The second kappa shape index (κ2) is 6.38. The molecule has 4 heteroatoms. The summed E-state index contributed by atoms with van der Waals surface area (Å²) in [5.74, 6) is -0.191. The monoisotopic (exact) mass is 337 g/mol. The van der Waals surface area contributed by atoms with Gasteiger partial charge in [-0.05, 0) is 41.8 Å². The summed E-state index contributed by atoms with van der Waals surface area (Å²) in [4.78, 5) is 4.72. The maximum atomic E-state index is 9.74. The van der Waals surface area contributed by atoms with Crippen molar-refractivity contribution < 1.29 is 10.2 Å². The maximum absolute atomic E-state index is 9.74. The van der Waals surface area contributed by atoms with Crippen LogP contribution in [0.1, 0.15) is 11.1 Å². The van der Waals surface area contributed by atoms with Gasteiger partial charge in [-0.3, -0.25) is 0 Å². The van der Waals surface area contributed by atoms with E-state index in [1.807, 2.05) is 42.5 Å². The minimum atomic E-state index is -0.0989. The molecule has 120 valence electrons. The molecule has 0 spiro atoms. The van der Waals surface area contributed by atoms with E-state index in [0.29, 0.717) is 6.42 Å². The Hall–Kier alpha value is -2.78. The summed E-state index contributed by atoms with van der Waals surface area (Å²) in [6.45, 7) is 0. The van der Waals surface area contributed by atoms with Crippen molar-refractivity contribution >= 4 is 34.2 Å². The minimum absolute atomic E-state index is 0. The third-order valence-electron chi connectivity index (χ3n) is 4.12. The normalized spacial score (nSPS) is 10.7. The third-order valence-corrected chi connectivity index (χ3v) is 4.12. The molecule has 4 aromatic rings. The molecule has 4 rings (SSSR count). The van der Waals surface area contributed by atoms with E-state index >= 15 is 0 Å². The Bertz CT molecular complexity index is 976. The third kappa shape index (κ3) is 2.74. The van der Waals surface area contributed by atoms with Crippen molar-refractivity contribution in [3.05, 3.63) is 77.9 Å². The van der Waals surface area contributed by atoms with Gasteiger partial charge in [-0.1, -0.05) is 42.5 Å². The fourth-order valence-corrected chi connectivity index (χ4v) is 3.00. The van der Waals surface area contributed by atoms with E-state index in [2.05, 4.69) is 12.1 Å². The standard InChI is InChI=1S/C20H15NO2.ClH/c22-19-10-9-13(12-20(19)23)11-16-14-5-1-3-7-17(14)21-18-8-4-2-6-15(16)18;/h1-10,12,22-23H,11H2;1H. The van der Waals surface area contributed by atoms with Crippen LogP contribution in [-0.4, -0.2) is 15.2 Å². The van der Waals surface area contributed by atoms with Crippen molar-refractivity contribution in [1.29, 1.82) is 0 Å². The zero-order chi connectivity index (χ0) is 15.8. The number of benzene rings is 3. The molecular formula is C20H16ClNO2. The van der Waals surface area contributed by atoms with Crippen LogP contribution in [0.25, 0.3) is 21.8 Å². The van der Waals surface area contributed by atoms with Gasteiger partial charge in [-0.25, -0.2) is 4.98 Å². The van der Waals surface area contributed by atoms with Gasteiger partial charge in [-0.15, -0.1) is 12.4 Å². The highest BCUT2D eigenvalue weighted by Crippen LogP contribution is 2.31. The van der Waals surface area contributed by atoms with Gasteiger partial charge in [0, 0.05) is 10.8 Å². The first-order valence-corrected chi connectivity index (χ1v) is 7.49. The van der Waals surface area contributed by atoms with Crippen LogP contribution in [0.4, 0.5) is 0 Å². The number of para-hydroxylation sites is 2. The number of hydrogen-bond acceptors (Lipinski definition) is 3. The van der Waals surface area contributed by atoms with Gasteiger partial charge in [-0.2, -0.15) is 0 Å². The van der Waals surface area contributed by atoms with E-state index < -0.39 is 0 Å². The number of hydrogen-bond donors (Lipinski definition) is 2. The molecule has 0 saturated carbocycles. The lowest BCUT2D eigenvalue weighted by Gasteiger charge is -2.11. The van der Waals surface area contributed by atoms with Crippen LogP contribution in [0.15, 0.2) is 66.7 Å². The van der Waals surface area contributed by atoms with Crippen molar-refractivity contribution in [3.63, 3.8) is 0 Å². The molecule has 0 aliphatic rings. The van der Waals surface area contributed by atoms with Crippen molar-refractivity contribution in [2.24, 2.45) is 0 Å². The molecule has 1 heterocycles. The Morgan fingerprint density at radius 3 is 1.88 bits per heavy atom. The molecular weight excluding hydrogens is 322 g/mol. The van der Waals surface area contributed by atoms with Gasteiger partial charge < -0.3 is 10.2 Å². The lowest BCUT2D eigenvalue weighted by Crippen LogP contribution is -1.94. The van der Waals surface area contributed by atoms with Crippen LogP contribution in [0.2, 0.25) is 0 Å². The fourth-order valence-electron chi connectivity index (χ4n) is 3.00. The lowest BCUT2D eigenvalue weighted by atomic mass is 9.96. The number of aromatic hydroxyl groups is 2. The molecule has 0 amide bonds. The minimum Gasteiger partial charge on any atom is -0.504 e. The van der Waals surface area contributed by atoms with E-state index in [4.69, 9.17) is 4.98 Å². The van der Waals surface area contributed by atoms with Gasteiger partial charge in [0.2, 0.25) is 0 Å². The summed E-state index contributed by atoms with van der Waals surface area (Å²) >= 11 is 0. The largest absolute Gasteiger partial charge is 0.504 e. The van der Waals surface area contributed by atoms with Gasteiger partial charge in [0.15, 0.2) is 11.5 Å². The lowest BCUT2D eigenvalue weighted by molar-refractivity contribution is 0.403. The number of phenolic OH excluding ortho intramolecular Hbond substituents is 2. The topological polar surface area (TPSA) is 53.4 Å². The summed E-state index contributed by atoms with van der Waals surface area (Å²) < 4.78 is 0. The SMILES string of the molecule is Cl.Oc1ccc(Cc2c3ccccc3nc3ccccc23)cc1O. The van der Waals surface area contributed by atoms with Crippen LogP contribution < -0.4 is 0 Å². The molecule has 0 aliphatic carbocycles. The molecule has 3 nitrogen and oxygen atoms in total. The Morgan fingerprint density at radius 1 is 0.708 bits per heavy atom. The van der Waals surface area contributed by atoms with E-state index in [0.717, 1.165) is 27.4 Å². The van der Waals surface area contributed by atoms with Crippen molar-refractivity contribution in [1.82, 2.24) is 4.98 Å². The summed E-state index contributed by atoms with van der Waals surface area (Å²) in [5.41, 5.74) is 4.05. The second-order valence-corrected chi connectivity index (χ2v) is 5.62. The van der Waals surface area contributed by atoms with E-state index in [1.165, 1.54) is 11.6 Å². The Kier molecular flexibility index (Phi) is 4.28. The van der Waals surface area contributed by atoms with Crippen LogP contribution in [0, 0.1) is 0 Å². The van der Waals surface area contributed by atoms with Crippen molar-refractivity contribution in [3.8, 4) is 11.5 Å². The summed E-state index contributed by atoms with van der Waals surface area (Å²) in [5, 5.41) is 21.5. The molecule has 3 aromatic carbocycles. The molecule has 0 radical (unpaired) electrons. The maximum Gasteiger partial charge on any atom is 0.157 e. The van der Waals surface area contributed by atoms with Crippen LogP contribution >= 0.6 is 12.4 Å². The number of pyridine rings is 1. The Balaban J connectivity index is 0.00000169. The predicted octanol–water partition coefficient (Wildman–Crippen LogP) is 4.81. The number of rotatable bonds is 2. The Morgan fingerprint density at radius 2 is 1.29 bits per heavy atom. The van der Waals surface area contributed by atoms with Gasteiger partial charge in [0.1, 0.15) is 0 Å². The fraction of sp³-hybridized carbons (Fsp3) is 0.0500. The van der Waals surface area contributed by atoms with Crippen LogP contribution in [0.5, 0.6) is 11.5 Å². The smallest absolute Gasteiger partial charge is 0.157 e. The number of fused-ring (bicyclic) bond motifs is 2. The number of halogens is 1. The van der Waals surface area contributed by atoms with Crippen molar-refractivity contribution in [2.45, 2.75) is 6.42 Å². The molecule has 0 fully saturated rings. The Labute approximate surface area is 145 Å². The highest BCUT2D eigenvalue weighted by Gasteiger charge is 2.10. The number of phenols is 2. The first-order chi connectivity index (χ1) is 11.2. The van der Waals surface area contributed by atoms with Gasteiger partial charge in [0.25, 0.3) is 0 Å². The van der Waals surface area contributed by atoms with Crippen LogP contribution in [0.3, 0.4) is 0 Å². The number of aromatic nitrogens is 1. The molecule has 0 unspecified atom stereocenters. The van der Waals surface area contributed by atoms with E-state index in [9.17, 15) is 10.2 Å². The summed E-state index contributed by atoms with van der Waals surface area (Å²) in [6.07, 6.45) is 0.664. The quantitative estimate of drug-likeness (QED) is 0.407. The molecule has 1 aromatic heterocycles. The average Bonchev–Trinajstić information content (AvgIpc) is 2.58. The highest BCUT2D eigenvalue weighted by atomic mass is 35.5. The zero-order valence-electron chi connectivity index (χ0n) is 12.8. The van der Waals surface area contributed by atoms with E-state index in [1.54, 1.807) is 6.07 Å². The highest BCUT2D eigenvalue weighted by molar-refractivity contribution is 5.97. The zero-order valence-corrected chi connectivity index (χ0v) is 13.6. The first kappa shape index (κ1) is 16.1. The van der Waals surface area contributed by atoms with Gasteiger partial charge >= 0.3 is 0 Å².